The molecule has 0 amide bonds. The Labute approximate surface area is 74.2 Å². The fourth-order valence-corrected chi connectivity index (χ4v) is 1.07. The van der Waals surface area contributed by atoms with Gasteiger partial charge in [0.05, 0.1) is 5.56 Å². The van der Waals surface area contributed by atoms with Crippen molar-refractivity contribution in [3.05, 3.63) is 22.2 Å². The molecule has 64 valence electrons. The van der Waals surface area contributed by atoms with E-state index in [0.717, 1.165) is 6.07 Å². The van der Waals surface area contributed by atoms with E-state index in [1.165, 1.54) is 6.92 Å². The maximum atomic E-state index is 10.9. The minimum atomic E-state index is -0.475. The molecule has 4 heteroatoms. The molecule has 1 N–H and O–H groups in total. The summed E-state index contributed by atoms with van der Waals surface area (Å²) in [6, 6.07) is 0.930. The van der Waals surface area contributed by atoms with Crippen molar-refractivity contribution in [2.45, 2.75) is 6.92 Å². The van der Waals surface area contributed by atoms with Crippen LogP contribution < -0.4 is 5.11 Å². The van der Waals surface area contributed by atoms with Crippen molar-refractivity contribution in [2.75, 3.05) is 0 Å². The maximum Gasteiger partial charge on any atom is 0.154 e. The van der Waals surface area contributed by atoms with E-state index in [1.54, 1.807) is 0 Å². The normalized spacial score (nSPS) is 9.83. The summed E-state index contributed by atoms with van der Waals surface area (Å²) in [5, 5.41) is 20.0. The van der Waals surface area contributed by atoms with E-state index in [-0.39, 0.29) is 16.3 Å². The largest absolute Gasteiger partial charge is 0.871 e. The summed E-state index contributed by atoms with van der Waals surface area (Å²) >= 11 is 5.55. The molecule has 0 aliphatic heterocycles. The van der Waals surface area contributed by atoms with E-state index in [0.29, 0.717) is 11.8 Å². The Bertz CT molecular complexity index is 334. The third-order valence-corrected chi connectivity index (χ3v) is 2.08. The van der Waals surface area contributed by atoms with E-state index in [2.05, 4.69) is 0 Å². The Hall–Kier alpha value is -1.22. The van der Waals surface area contributed by atoms with Crippen molar-refractivity contribution >= 4 is 17.9 Å². The van der Waals surface area contributed by atoms with Crippen LogP contribution >= 0.6 is 11.6 Å². The van der Waals surface area contributed by atoms with Gasteiger partial charge in [-0.2, -0.15) is 0 Å². The molecule has 0 spiro atoms. The molecule has 0 saturated heterocycles. The monoisotopic (exact) mass is 185 g/mol. The molecule has 0 unspecified atom stereocenters. The van der Waals surface area contributed by atoms with Crippen LogP contribution in [0, 0.1) is 6.92 Å². The number of rotatable bonds is 1. The van der Waals surface area contributed by atoms with Crippen LogP contribution in [0.1, 0.15) is 15.9 Å². The molecule has 0 bridgehead atoms. The molecule has 0 radical (unpaired) electrons. The first-order valence-electron chi connectivity index (χ1n) is 3.22. The van der Waals surface area contributed by atoms with Gasteiger partial charge >= 0.3 is 0 Å². The number of aldehydes is 1. The lowest BCUT2D eigenvalue weighted by molar-refractivity contribution is -0.268. The zero-order valence-electron chi connectivity index (χ0n) is 6.30. The van der Waals surface area contributed by atoms with E-state index >= 15 is 0 Å². The third-order valence-electron chi connectivity index (χ3n) is 1.61. The van der Waals surface area contributed by atoms with Crippen LogP contribution in [-0.4, -0.2) is 11.4 Å². The Kier molecular flexibility index (Phi) is 2.24. The number of phenolic OH excluding ortho intramolecular Hbond substituents is 1. The first-order valence-corrected chi connectivity index (χ1v) is 3.60. The summed E-state index contributed by atoms with van der Waals surface area (Å²) < 4.78 is 0. The molecule has 0 saturated carbocycles. The lowest BCUT2D eigenvalue weighted by Gasteiger charge is -2.13. The smallest absolute Gasteiger partial charge is 0.154 e. The molecule has 1 rings (SSSR count). The molecule has 0 aliphatic rings. The van der Waals surface area contributed by atoms with Gasteiger partial charge in [-0.05, 0) is 18.6 Å². The van der Waals surface area contributed by atoms with Crippen molar-refractivity contribution in [1.82, 2.24) is 0 Å². The quantitative estimate of drug-likeness (QED) is 0.670. The molecule has 0 aliphatic carbocycles. The van der Waals surface area contributed by atoms with Crippen LogP contribution in [0.15, 0.2) is 6.07 Å². The van der Waals surface area contributed by atoms with Crippen LogP contribution in [0.5, 0.6) is 11.5 Å². The second-order valence-electron chi connectivity index (χ2n) is 2.36. The Morgan fingerprint density at radius 3 is 2.75 bits per heavy atom. The standard InChI is InChI=1S/C8H7ClO3/c1-4-5(3-10)6(11)2-7(12)8(4)9/h2-3,11-12H,1H3/p-1. The Balaban J connectivity index is 3.51. The average molecular weight is 186 g/mol. The summed E-state index contributed by atoms with van der Waals surface area (Å²) in [7, 11) is 0. The van der Waals surface area contributed by atoms with Crippen LogP contribution in [0.3, 0.4) is 0 Å². The van der Waals surface area contributed by atoms with Gasteiger partial charge in [-0.3, -0.25) is 4.79 Å². The van der Waals surface area contributed by atoms with Crippen molar-refractivity contribution in [1.29, 1.82) is 0 Å². The van der Waals surface area contributed by atoms with E-state index in [9.17, 15) is 9.90 Å². The minimum Gasteiger partial charge on any atom is -0.871 e. The highest BCUT2D eigenvalue weighted by atomic mass is 35.5. The predicted molar refractivity (Wildman–Crippen MR) is 42.7 cm³/mol. The van der Waals surface area contributed by atoms with Crippen molar-refractivity contribution in [3.8, 4) is 11.5 Å². The highest BCUT2D eigenvalue weighted by molar-refractivity contribution is 6.33. The highest BCUT2D eigenvalue weighted by Crippen LogP contribution is 2.32. The minimum absolute atomic E-state index is 0.0186. The summed E-state index contributed by atoms with van der Waals surface area (Å²) in [6.07, 6.45) is 0.468. The Morgan fingerprint density at radius 2 is 2.25 bits per heavy atom. The topological polar surface area (TPSA) is 60.4 Å². The van der Waals surface area contributed by atoms with Crippen molar-refractivity contribution in [2.24, 2.45) is 0 Å². The van der Waals surface area contributed by atoms with Crippen LogP contribution in [0.4, 0.5) is 0 Å². The zero-order valence-corrected chi connectivity index (χ0v) is 7.05. The maximum absolute atomic E-state index is 10.9. The third kappa shape index (κ3) is 1.23. The first-order chi connectivity index (χ1) is 5.57. The van der Waals surface area contributed by atoms with E-state index < -0.39 is 5.75 Å². The average Bonchev–Trinajstić information content (AvgIpc) is 2.01. The van der Waals surface area contributed by atoms with Gasteiger partial charge in [0.15, 0.2) is 6.29 Å². The van der Waals surface area contributed by atoms with Gasteiger partial charge in [-0.15, -0.1) is 0 Å². The molecule has 1 aromatic rings. The van der Waals surface area contributed by atoms with E-state index in [4.69, 9.17) is 16.7 Å². The number of phenols is 1. The summed E-state index contributed by atoms with van der Waals surface area (Å²) in [4.78, 5) is 10.4. The SMILES string of the molecule is Cc1c(Cl)c([O-])cc(O)c1C=O. The second kappa shape index (κ2) is 3.03. The van der Waals surface area contributed by atoms with Gasteiger partial charge < -0.3 is 10.2 Å². The summed E-state index contributed by atoms with van der Waals surface area (Å²) in [5.74, 6) is -0.797. The van der Waals surface area contributed by atoms with Gasteiger partial charge in [0.25, 0.3) is 0 Å². The number of halogens is 1. The summed E-state index contributed by atoms with van der Waals surface area (Å²) in [6.45, 7) is 1.51. The van der Waals surface area contributed by atoms with Crippen LogP contribution in [0.2, 0.25) is 5.02 Å². The number of carbonyl (C=O) groups excluding carboxylic acids is 1. The molecule has 0 aromatic heterocycles. The molecule has 0 fully saturated rings. The summed E-state index contributed by atoms with van der Waals surface area (Å²) in [5.41, 5.74) is 0.385. The molecule has 1 aromatic carbocycles. The lowest BCUT2D eigenvalue weighted by atomic mass is 10.1. The van der Waals surface area contributed by atoms with Crippen molar-refractivity contribution < 1.29 is 15.0 Å². The highest BCUT2D eigenvalue weighted by Gasteiger charge is 2.07. The van der Waals surface area contributed by atoms with Crippen molar-refractivity contribution in [3.63, 3.8) is 0 Å². The Morgan fingerprint density at radius 1 is 1.67 bits per heavy atom. The van der Waals surface area contributed by atoms with Gasteiger partial charge in [-0.1, -0.05) is 17.4 Å². The predicted octanol–water partition coefficient (Wildman–Crippen LogP) is 1.24. The molecule has 12 heavy (non-hydrogen) atoms. The molecule has 3 nitrogen and oxygen atoms in total. The number of carbonyl (C=O) groups is 1. The van der Waals surface area contributed by atoms with Gasteiger partial charge in [0.2, 0.25) is 0 Å². The van der Waals surface area contributed by atoms with Gasteiger partial charge in [0, 0.05) is 5.02 Å². The molecular weight excluding hydrogens is 180 g/mol. The van der Waals surface area contributed by atoms with E-state index in [1.807, 2.05) is 0 Å². The second-order valence-corrected chi connectivity index (χ2v) is 2.74. The van der Waals surface area contributed by atoms with Crippen LogP contribution in [0.25, 0.3) is 0 Å². The fourth-order valence-electron chi connectivity index (χ4n) is 0.909. The van der Waals surface area contributed by atoms with Gasteiger partial charge in [0.1, 0.15) is 5.75 Å². The molecular formula is C8H6ClO3-. The lowest BCUT2D eigenvalue weighted by Crippen LogP contribution is -1.96. The first kappa shape index (κ1) is 8.87. The van der Waals surface area contributed by atoms with Gasteiger partial charge in [-0.25, -0.2) is 0 Å². The number of aromatic hydroxyl groups is 1. The fraction of sp³-hybridized carbons (Fsp3) is 0.125. The molecule has 0 heterocycles. The van der Waals surface area contributed by atoms with Crippen LogP contribution in [-0.2, 0) is 0 Å². The number of hydrogen-bond acceptors (Lipinski definition) is 3. The number of benzene rings is 1. The zero-order chi connectivity index (χ0) is 9.30. The molecule has 0 atom stereocenters. The number of hydrogen-bond donors (Lipinski definition) is 1.